The van der Waals surface area contributed by atoms with Crippen LogP contribution in [0.5, 0.6) is 63.2 Å². The molecule has 0 fully saturated rings. The number of esters is 2. The van der Waals surface area contributed by atoms with Crippen LogP contribution in [0.15, 0.2) is 48.6 Å². The second kappa shape index (κ2) is 25.3. The molecule has 2 aliphatic heterocycles. The summed E-state index contributed by atoms with van der Waals surface area (Å²) in [5.74, 6) is 4.44. The molecular formula is C56H74N2O16+2. The summed E-state index contributed by atoms with van der Waals surface area (Å²) < 4.78 is 75.8. The van der Waals surface area contributed by atoms with E-state index in [1.165, 1.54) is 14.2 Å². The van der Waals surface area contributed by atoms with Crippen molar-refractivity contribution in [1.29, 1.82) is 0 Å². The maximum Gasteiger partial charge on any atom is 0.331 e. The second-order valence-electron chi connectivity index (χ2n) is 18.7. The van der Waals surface area contributed by atoms with E-state index in [0.29, 0.717) is 117 Å². The summed E-state index contributed by atoms with van der Waals surface area (Å²) in [4.78, 5) is 38.2. The Hall–Kier alpha value is -7.05. The van der Waals surface area contributed by atoms with Crippen LogP contribution in [0.2, 0.25) is 0 Å². The second-order valence-corrected chi connectivity index (χ2v) is 18.7. The van der Waals surface area contributed by atoms with E-state index in [9.17, 15) is 14.4 Å². The van der Waals surface area contributed by atoms with Crippen molar-refractivity contribution in [2.75, 3.05) is 132 Å². The normalized spacial score (nSPS) is 18.8. The highest BCUT2D eigenvalue weighted by Gasteiger charge is 2.45. The van der Waals surface area contributed by atoms with Gasteiger partial charge in [0.25, 0.3) is 0 Å². The summed E-state index contributed by atoms with van der Waals surface area (Å²) in [5, 5.41) is 0. The first-order valence-electron chi connectivity index (χ1n) is 24.5. The number of hydrogen-bond acceptors (Lipinski definition) is 16. The van der Waals surface area contributed by atoms with Gasteiger partial charge < -0.3 is 70.5 Å². The van der Waals surface area contributed by atoms with E-state index < -0.39 is 11.9 Å². The van der Waals surface area contributed by atoms with Crippen LogP contribution in [-0.4, -0.2) is 159 Å². The Balaban J connectivity index is 1.11. The van der Waals surface area contributed by atoms with Crippen molar-refractivity contribution in [2.45, 2.75) is 50.6 Å². The average molecular weight is 1030 g/mol. The van der Waals surface area contributed by atoms with E-state index in [2.05, 4.69) is 14.1 Å². The molecule has 4 unspecified atom stereocenters. The Morgan fingerprint density at radius 2 is 0.824 bits per heavy atom. The van der Waals surface area contributed by atoms with Crippen LogP contribution in [-0.2, 0) is 44.7 Å². The average Bonchev–Trinajstić information content (AvgIpc) is 3.42. The Morgan fingerprint density at radius 3 is 1.18 bits per heavy atom. The van der Waals surface area contributed by atoms with Gasteiger partial charge in [0.2, 0.25) is 17.2 Å². The van der Waals surface area contributed by atoms with E-state index in [-0.39, 0.29) is 25.3 Å². The predicted octanol–water partition coefficient (Wildman–Crippen LogP) is 7.29. The van der Waals surface area contributed by atoms with E-state index in [4.69, 9.17) is 61.6 Å². The van der Waals surface area contributed by atoms with E-state index in [1.807, 2.05) is 36.4 Å². The van der Waals surface area contributed by atoms with Crippen molar-refractivity contribution < 1.29 is 84.9 Å². The van der Waals surface area contributed by atoms with Crippen molar-refractivity contribution in [3.8, 4) is 63.2 Å². The molecule has 4 aromatic rings. The number of methoxy groups -OCH3 is 11. The van der Waals surface area contributed by atoms with Crippen LogP contribution < -0.4 is 52.1 Å². The summed E-state index contributed by atoms with van der Waals surface area (Å²) in [6, 6.07) is 11.3. The fraction of sp³-hybridized carbons (Fsp3) is 0.482. The largest absolute Gasteiger partial charge is 0.493 e. The van der Waals surface area contributed by atoms with Crippen molar-refractivity contribution in [3.05, 3.63) is 87.5 Å². The van der Waals surface area contributed by atoms with Gasteiger partial charge in [-0.3, -0.25) is 4.79 Å². The zero-order valence-electron chi connectivity index (χ0n) is 45.3. The lowest BCUT2D eigenvalue weighted by Crippen LogP contribution is -2.53. The topological polar surface area (TPSA) is 171 Å². The first-order valence-corrected chi connectivity index (χ1v) is 24.5. The van der Waals surface area contributed by atoms with Gasteiger partial charge in [-0.05, 0) is 58.7 Å². The molecule has 0 saturated carbocycles. The smallest absolute Gasteiger partial charge is 0.331 e. The SMILES string of the molecule is COc1cc(CC2c3c(cc(OC)c(OC)c3OC)CC[N+]2(C)CCCOC(=O)/C=C/C(=O)OCCC[N+]2(C)CCc3cc(OC)c(OC)c(OC)c3C2Cc2cc(OC)c(OC)c(OC)c2)cc(C=O)c1OC. The standard InChI is InChI=1S/C56H74N2O16/c1-57(22-18-37-32-45(65-6)53(69-10)55(71-12)49(37)40(57)27-35-26-39(34-59)51(67-8)42(29-35)62-3)20-14-24-73-47(60)16-17-48(61)74-25-15-21-58(2)23-19-38-33-46(66-7)54(70-11)56(72-13)50(38)41(58)28-36-30-43(63-4)52(68-9)44(31-36)64-5/h16-17,26,29-34,40-41H,14-15,18-25,27-28H2,1-13H3/q+2/b17-16+. The number of likely N-dealkylation sites (N-methyl/N-ethyl adjacent to an activating group) is 2. The van der Waals surface area contributed by atoms with Gasteiger partial charge in [-0.2, -0.15) is 0 Å². The van der Waals surface area contributed by atoms with Crippen LogP contribution in [0.4, 0.5) is 0 Å². The summed E-state index contributed by atoms with van der Waals surface area (Å²) in [6.45, 7) is 3.04. The summed E-state index contributed by atoms with van der Waals surface area (Å²) in [5.41, 5.74) is 6.33. The third-order valence-electron chi connectivity index (χ3n) is 14.6. The highest BCUT2D eigenvalue weighted by molar-refractivity contribution is 5.91. The van der Waals surface area contributed by atoms with Gasteiger partial charge in [0.05, 0.1) is 148 Å². The highest BCUT2D eigenvalue weighted by Crippen LogP contribution is 2.53. The monoisotopic (exact) mass is 1030 g/mol. The maximum absolute atomic E-state index is 13.0. The molecule has 74 heavy (non-hydrogen) atoms. The Bertz CT molecular complexity index is 2640. The zero-order valence-corrected chi connectivity index (χ0v) is 45.3. The number of carbonyl (C=O) groups is 3. The van der Waals surface area contributed by atoms with Gasteiger partial charge in [-0.25, -0.2) is 9.59 Å². The van der Waals surface area contributed by atoms with Crippen LogP contribution >= 0.6 is 0 Å². The van der Waals surface area contributed by atoms with Crippen molar-refractivity contribution >= 4 is 18.2 Å². The minimum atomic E-state index is -0.656. The third-order valence-corrected chi connectivity index (χ3v) is 14.6. The van der Waals surface area contributed by atoms with Crippen LogP contribution in [0.3, 0.4) is 0 Å². The number of aldehydes is 1. The molecule has 0 amide bonds. The molecule has 402 valence electrons. The van der Waals surface area contributed by atoms with E-state index >= 15 is 0 Å². The molecule has 6 rings (SSSR count). The zero-order chi connectivity index (χ0) is 53.7. The number of nitrogens with zero attached hydrogens (tertiary/aromatic N) is 2. The molecule has 2 aliphatic rings. The van der Waals surface area contributed by atoms with Crippen LogP contribution in [0, 0.1) is 0 Å². The van der Waals surface area contributed by atoms with Crippen molar-refractivity contribution in [3.63, 3.8) is 0 Å². The predicted molar refractivity (Wildman–Crippen MR) is 276 cm³/mol. The molecule has 0 bridgehead atoms. The Kier molecular flexibility index (Phi) is 19.2. The molecule has 0 radical (unpaired) electrons. The Labute approximate surface area is 434 Å². The van der Waals surface area contributed by atoms with Gasteiger partial charge >= 0.3 is 11.9 Å². The summed E-state index contributed by atoms with van der Waals surface area (Å²) in [7, 11) is 21.8. The molecule has 0 saturated heterocycles. The van der Waals surface area contributed by atoms with Gasteiger partial charge in [0, 0.05) is 50.7 Å². The quantitative estimate of drug-likeness (QED) is 0.0202. The molecule has 4 atom stereocenters. The van der Waals surface area contributed by atoms with Gasteiger partial charge in [0.1, 0.15) is 12.1 Å². The van der Waals surface area contributed by atoms with Crippen molar-refractivity contribution in [1.82, 2.24) is 0 Å². The minimum absolute atomic E-state index is 0.112. The highest BCUT2D eigenvalue weighted by atomic mass is 16.6. The van der Waals surface area contributed by atoms with Crippen LogP contribution in [0.1, 0.15) is 68.7 Å². The fourth-order valence-corrected chi connectivity index (χ4v) is 10.9. The summed E-state index contributed by atoms with van der Waals surface area (Å²) >= 11 is 0. The molecule has 18 heteroatoms. The lowest BCUT2D eigenvalue weighted by molar-refractivity contribution is -0.941. The Morgan fingerprint density at radius 1 is 0.473 bits per heavy atom. The van der Waals surface area contributed by atoms with Gasteiger partial charge in [-0.1, -0.05) is 0 Å². The minimum Gasteiger partial charge on any atom is -0.493 e. The molecule has 0 N–H and O–H groups in total. The molecule has 0 spiro atoms. The molecule has 0 aliphatic carbocycles. The van der Waals surface area contributed by atoms with Gasteiger partial charge in [-0.15, -0.1) is 0 Å². The number of ether oxygens (including phenoxy) is 13. The first-order chi connectivity index (χ1) is 35.7. The lowest BCUT2D eigenvalue weighted by atomic mass is 9.85. The number of hydrogen-bond donors (Lipinski definition) is 0. The first kappa shape index (κ1) is 56.2. The third kappa shape index (κ3) is 11.8. The number of carbonyl (C=O) groups excluding carboxylic acids is 3. The number of benzene rings is 4. The summed E-state index contributed by atoms with van der Waals surface area (Å²) in [6.07, 6.45) is 6.55. The van der Waals surface area contributed by atoms with E-state index in [1.54, 1.807) is 64.0 Å². The van der Waals surface area contributed by atoms with Gasteiger partial charge in [0.15, 0.2) is 52.3 Å². The van der Waals surface area contributed by atoms with Crippen molar-refractivity contribution in [2.24, 2.45) is 0 Å². The molecule has 0 aromatic heterocycles. The molecule has 2 heterocycles. The molecule has 18 nitrogen and oxygen atoms in total. The fourth-order valence-electron chi connectivity index (χ4n) is 10.9. The number of fused-ring (bicyclic) bond motifs is 2. The molecular weight excluding hydrogens is 957 g/mol. The number of rotatable bonds is 26. The molecule has 4 aromatic carbocycles. The van der Waals surface area contributed by atoms with Crippen LogP contribution in [0.25, 0.3) is 0 Å². The maximum atomic E-state index is 13.0. The number of quaternary nitrogens is 2. The van der Waals surface area contributed by atoms with E-state index in [0.717, 1.165) is 77.8 Å². The lowest BCUT2D eigenvalue weighted by Gasteiger charge is -2.46.